The highest BCUT2D eigenvalue weighted by Gasteiger charge is 2.22. The number of carbonyl (C=O) groups is 1. The molecule has 1 atom stereocenters. The molecule has 0 aromatic rings. The summed E-state index contributed by atoms with van der Waals surface area (Å²) < 4.78 is 0. The number of hydrogen-bond donors (Lipinski definition) is 2. The Balaban J connectivity index is 0.00000324. The minimum Gasteiger partial charge on any atom is -0.353 e. The Morgan fingerprint density at radius 1 is 1.37 bits per heavy atom. The van der Waals surface area contributed by atoms with Crippen molar-refractivity contribution in [1.82, 2.24) is 15.5 Å². The fourth-order valence-corrected chi connectivity index (χ4v) is 2.46. The number of nitrogens with one attached hydrogen (secondary N) is 2. The van der Waals surface area contributed by atoms with Crippen LogP contribution in [0.3, 0.4) is 0 Å². The maximum atomic E-state index is 12.0. The van der Waals surface area contributed by atoms with Crippen LogP contribution in [0.25, 0.3) is 0 Å². The molecule has 1 aliphatic rings. The maximum Gasteiger partial charge on any atom is 0.234 e. The van der Waals surface area contributed by atoms with E-state index in [4.69, 9.17) is 0 Å². The van der Waals surface area contributed by atoms with Crippen LogP contribution in [-0.2, 0) is 4.79 Å². The molecule has 0 spiro atoms. The van der Waals surface area contributed by atoms with Gasteiger partial charge in [0, 0.05) is 12.1 Å². The van der Waals surface area contributed by atoms with Crippen LogP contribution in [0.2, 0.25) is 0 Å². The SMILES string of the molecule is CCCN(CC(=O)NC(C)CC)C1CCNCC1.Cl. The molecule has 0 radical (unpaired) electrons. The summed E-state index contributed by atoms with van der Waals surface area (Å²) in [7, 11) is 0. The predicted molar refractivity (Wildman–Crippen MR) is 82.9 cm³/mol. The first-order chi connectivity index (χ1) is 8.67. The highest BCUT2D eigenvalue weighted by atomic mass is 35.5. The van der Waals surface area contributed by atoms with Crippen molar-refractivity contribution in [2.75, 3.05) is 26.2 Å². The van der Waals surface area contributed by atoms with Gasteiger partial charge in [0.15, 0.2) is 0 Å². The van der Waals surface area contributed by atoms with Crippen molar-refractivity contribution in [3.8, 4) is 0 Å². The lowest BCUT2D eigenvalue weighted by Crippen LogP contribution is -2.48. The fraction of sp³-hybridized carbons (Fsp3) is 0.929. The van der Waals surface area contributed by atoms with E-state index in [-0.39, 0.29) is 24.4 Å². The number of hydrogen-bond acceptors (Lipinski definition) is 3. The van der Waals surface area contributed by atoms with E-state index in [0.29, 0.717) is 12.6 Å². The van der Waals surface area contributed by atoms with Gasteiger partial charge in [-0.25, -0.2) is 0 Å². The highest BCUT2D eigenvalue weighted by Crippen LogP contribution is 2.12. The number of halogens is 1. The Morgan fingerprint density at radius 2 is 2.00 bits per heavy atom. The quantitative estimate of drug-likeness (QED) is 0.752. The van der Waals surface area contributed by atoms with Gasteiger partial charge in [-0.1, -0.05) is 13.8 Å². The van der Waals surface area contributed by atoms with Crippen LogP contribution in [-0.4, -0.2) is 49.1 Å². The van der Waals surface area contributed by atoms with Gasteiger partial charge in [-0.3, -0.25) is 9.69 Å². The van der Waals surface area contributed by atoms with Gasteiger partial charge in [0.1, 0.15) is 0 Å². The first-order valence-electron chi connectivity index (χ1n) is 7.41. The molecule has 19 heavy (non-hydrogen) atoms. The van der Waals surface area contributed by atoms with Crippen LogP contribution >= 0.6 is 12.4 Å². The lowest BCUT2D eigenvalue weighted by molar-refractivity contribution is -0.123. The molecule has 1 rings (SSSR count). The molecule has 1 amide bonds. The van der Waals surface area contributed by atoms with E-state index >= 15 is 0 Å². The third-order valence-electron chi connectivity index (χ3n) is 3.70. The molecule has 2 N–H and O–H groups in total. The van der Waals surface area contributed by atoms with Crippen molar-refractivity contribution in [2.24, 2.45) is 0 Å². The van der Waals surface area contributed by atoms with Gasteiger partial charge in [-0.15, -0.1) is 12.4 Å². The Morgan fingerprint density at radius 3 is 2.53 bits per heavy atom. The molecular formula is C14H30ClN3O. The Bertz CT molecular complexity index is 245. The number of carbonyl (C=O) groups excluding carboxylic acids is 1. The third kappa shape index (κ3) is 7.14. The van der Waals surface area contributed by atoms with Crippen molar-refractivity contribution >= 4 is 18.3 Å². The average Bonchev–Trinajstić information content (AvgIpc) is 2.39. The summed E-state index contributed by atoms with van der Waals surface area (Å²) in [5.41, 5.74) is 0. The number of amides is 1. The summed E-state index contributed by atoms with van der Waals surface area (Å²) in [4.78, 5) is 14.3. The third-order valence-corrected chi connectivity index (χ3v) is 3.70. The minimum atomic E-state index is 0. The van der Waals surface area contributed by atoms with Crippen molar-refractivity contribution in [3.63, 3.8) is 0 Å². The second kappa shape index (κ2) is 10.5. The maximum absolute atomic E-state index is 12.0. The predicted octanol–water partition coefficient (Wildman–Crippen LogP) is 1.79. The van der Waals surface area contributed by atoms with E-state index in [2.05, 4.69) is 36.3 Å². The Kier molecular flexibility index (Phi) is 10.3. The summed E-state index contributed by atoms with van der Waals surface area (Å²) in [5, 5.41) is 6.44. The second-order valence-corrected chi connectivity index (χ2v) is 5.33. The zero-order chi connectivity index (χ0) is 13.4. The van der Waals surface area contributed by atoms with Gasteiger partial charge < -0.3 is 10.6 Å². The van der Waals surface area contributed by atoms with E-state index < -0.39 is 0 Å². The van der Waals surface area contributed by atoms with Crippen LogP contribution in [0, 0.1) is 0 Å². The zero-order valence-electron chi connectivity index (χ0n) is 12.6. The van der Waals surface area contributed by atoms with Gasteiger partial charge in [0.25, 0.3) is 0 Å². The summed E-state index contributed by atoms with van der Waals surface area (Å²) in [6, 6.07) is 0.864. The summed E-state index contributed by atoms with van der Waals surface area (Å²) in [6.45, 7) is 10.1. The Labute approximate surface area is 124 Å². The summed E-state index contributed by atoms with van der Waals surface area (Å²) in [6.07, 6.45) is 4.43. The van der Waals surface area contributed by atoms with E-state index in [9.17, 15) is 4.79 Å². The van der Waals surface area contributed by atoms with Gasteiger partial charge in [0.05, 0.1) is 6.54 Å². The number of rotatable bonds is 7. The van der Waals surface area contributed by atoms with E-state index in [1.54, 1.807) is 0 Å². The molecule has 1 unspecified atom stereocenters. The number of piperidine rings is 1. The molecule has 0 aromatic carbocycles. The molecular weight excluding hydrogens is 262 g/mol. The molecule has 4 nitrogen and oxygen atoms in total. The minimum absolute atomic E-state index is 0. The van der Waals surface area contributed by atoms with Gasteiger partial charge >= 0.3 is 0 Å². The lowest BCUT2D eigenvalue weighted by Gasteiger charge is -2.34. The van der Waals surface area contributed by atoms with Gasteiger partial charge in [-0.05, 0) is 52.2 Å². The van der Waals surface area contributed by atoms with Crippen molar-refractivity contribution < 1.29 is 4.79 Å². The molecule has 5 heteroatoms. The first kappa shape index (κ1) is 18.7. The monoisotopic (exact) mass is 291 g/mol. The van der Waals surface area contributed by atoms with Crippen LogP contribution in [0.15, 0.2) is 0 Å². The largest absolute Gasteiger partial charge is 0.353 e. The van der Waals surface area contributed by atoms with Crippen LogP contribution < -0.4 is 10.6 Å². The van der Waals surface area contributed by atoms with E-state index in [1.807, 2.05) is 0 Å². The second-order valence-electron chi connectivity index (χ2n) is 5.33. The lowest BCUT2D eigenvalue weighted by atomic mass is 10.0. The molecule has 1 saturated heterocycles. The highest BCUT2D eigenvalue weighted by molar-refractivity contribution is 5.85. The molecule has 0 bridgehead atoms. The Hall–Kier alpha value is -0.320. The van der Waals surface area contributed by atoms with Crippen LogP contribution in [0.4, 0.5) is 0 Å². The van der Waals surface area contributed by atoms with E-state index in [1.165, 1.54) is 0 Å². The van der Waals surface area contributed by atoms with Crippen molar-refractivity contribution in [3.05, 3.63) is 0 Å². The molecule has 114 valence electrons. The van der Waals surface area contributed by atoms with Crippen LogP contribution in [0.5, 0.6) is 0 Å². The van der Waals surface area contributed by atoms with Crippen LogP contribution in [0.1, 0.15) is 46.5 Å². The molecule has 1 aliphatic heterocycles. The van der Waals surface area contributed by atoms with Crippen molar-refractivity contribution in [1.29, 1.82) is 0 Å². The smallest absolute Gasteiger partial charge is 0.234 e. The van der Waals surface area contributed by atoms with Gasteiger partial charge in [0.2, 0.25) is 5.91 Å². The van der Waals surface area contributed by atoms with E-state index in [0.717, 1.165) is 45.3 Å². The topological polar surface area (TPSA) is 44.4 Å². The summed E-state index contributed by atoms with van der Waals surface area (Å²) in [5.74, 6) is 0.177. The standard InChI is InChI=1S/C14H29N3O.ClH/c1-4-10-17(13-6-8-15-9-7-13)11-14(18)16-12(3)5-2;/h12-13,15H,4-11H2,1-3H3,(H,16,18);1H. The normalized spacial score (nSPS) is 17.9. The molecule has 1 fully saturated rings. The average molecular weight is 292 g/mol. The number of nitrogens with zero attached hydrogens (tertiary/aromatic N) is 1. The molecule has 0 aromatic heterocycles. The molecule has 0 aliphatic carbocycles. The van der Waals surface area contributed by atoms with Crippen molar-refractivity contribution in [2.45, 2.75) is 58.5 Å². The first-order valence-corrected chi connectivity index (χ1v) is 7.41. The zero-order valence-corrected chi connectivity index (χ0v) is 13.4. The fourth-order valence-electron chi connectivity index (χ4n) is 2.46. The van der Waals surface area contributed by atoms with Gasteiger partial charge in [-0.2, -0.15) is 0 Å². The molecule has 1 heterocycles. The molecule has 0 saturated carbocycles. The summed E-state index contributed by atoms with van der Waals surface area (Å²) >= 11 is 0.